The van der Waals surface area contributed by atoms with Gasteiger partial charge in [-0.1, -0.05) is 49.2 Å². The number of benzene rings is 2. The summed E-state index contributed by atoms with van der Waals surface area (Å²) in [5.74, 6) is 0.188. The van der Waals surface area contributed by atoms with Crippen molar-refractivity contribution in [3.63, 3.8) is 0 Å². The quantitative estimate of drug-likeness (QED) is 0.0547. The molecule has 0 radical (unpaired) electrons. The van der Waals surface area contributed by atoms with Crippen LogP contribution in [0.25, 0.3) is 21.0 Å². The van der Waals surface area contributed by atoms with Gasteiger partial charge in [0.25, 0.3) is 11.8 Å². The molecule has 0 unspecified atom stereocenters. The van der Waals surface area contributed by atoms with E-state index in [1.165, 1.54) is 23.7 Å². The number of alkyl carbamates (subject to hydrolysis) is 1. The highest BCUT2D eigenvalue weighted by molar-refractivity contribution is 7.15. The van der Waals surface area contributed by atoms with Gasteiger partial charge in [-0.2, -0.15) is 9.97 Å². The highest BCUT2D eigenvalue weighted by atomic mass is 32.1. The van der Waals surface area contributed by atoms with Crippen LogP contribution < -0.4 is 43.8 Å². The number of primary amides is 2. The van der Waals surface area contributed by atoms with Crippen LogP contribution in [-0.4, -0.2) is 82.8 Å². The Hall–Kier alpha value is -6.84. The normalized spacial score (nSPS) is 18.1. The minimum Gasteiger partial charge on any atom is -0.444 e. The summed E-state index contributed by atoms with van der Waals surface area (Å²) < 4.78 is 5.43. The number of aromatic nitrogens is 7. The second-order valence-corrected chi connectivity index (χ2v) is 19.8. The van der Waals surface area contributed by atoms with Crippen LogP contribution in [0.4, 0.5) is 39.7 Å². The molecule has 8 rings (SSSR count). The van der Waals surface area contributed by atoms with Gasteiger partial charge in [-0.05, 0) is 102 Å². The number of hydrogen-bond acceptors (Lipinski definition) is 18. The number of amides is 3. The average molecular weight is 948 g/mol. The molecule has 67 heavy (non-hydrogen) atoms. The van der Waals surface area contributed by atoms with Gasteiger partial charge in [0.2, 0.25) is 11.9 Å². The van der Waals surface area contributed by atoms with Crippen LogP contribution in [0, 0.1) is 13.8 Å². The van der Waals surface area contributed by atoms with E-state index in [0.29, 0.717) is 17.7 Å². The second-order valence-electron chi connectivity index (χ2n) is 17.4. The van der Waals surface area contributed by atoms with E-state index in [4.69, 9.17) is 21.9 Å². The summed E-state index contributed by atoms with van der Waals surface area (Å²) in [5, 5.41) is 26.9. The zero-order valence-electron chi connectivity index (χ0n) is 38.1. The summed E-state index contributed by atoms with van der Waals surface area (Å²) in [7, 11) is 0. The molecule has 2 aliphatic carbocycles. The van der Waals surface area contributed by atoms with Crippen molar-refractivity contribution in [1.29, 1.82) is 0 Å². The highest BCUT2D eigenvalue weighted by Gasteiger charge is 2.30. The number of ether oxygens (including phenoxy) is 1. The molecule has 4 heterocycles. The Bertz CT molecular complexity index is 2650. The van der Waals surface area contributed by atoms with Gasteiger partial charge in [0.05, 0.1) is 15.9 Å². The molecule has 0 bridgehead atoms. The molecule has 2 aromatic carbocycles. The molecule has 2 saturated carbocycles. The van der Waals surface area contributed by atoms with Crippen molar-refractivity contribution in [3.8, 4) is 21.0 Å². The number of nitrogens with one attached hydrogen (secondary N) is 5. The Labute approximate surface area is 397 Å². The number of anilines is 6. The SMILES string of the molecule is Cc1ncc(-c2ccc(Nc3nc(N[C@@H]4CCCC[C@@H]4N)ncc3C(N)=O)cc2)s1.Cc1nnc(-c2ccc(Nc3nc(N[C@@H]4CCCC[C@@H]4NC(=O)OC(C)(C)C)ncc3C(N)=O)cc2)s1. The van der Waals surface area contributed by atoms with Crippen LogP contribution in [-0.2, 0) is 4.74 Å². The highest BCUT2D eigenvalue weighted by Crippen LogP contribution is 2.30. The van der Waals surface area contributed by atoms with E-state index in [2.05, 4.69) is 61.7 Å². The summed E-state index contributed by atoms with van der Waals surface area (Å²) >= 11 is 3.16. The van der Waals surface area contributed by atoms with Crippen LogP contribution in [0.1, 0.15) is 103 Å². The molecular formula is C46H57N15O4S2. The molecule has 6 aromatic rings. The second kappa shape index (κ2) is 21.6. The van der Waals surface area contributed by atoms with Gasteiger partial charge in [-0.25, -0.2) is 19.7 Å². The largest absolute Gasteiger partial charge is 0.444 e. The van der Waals surface area contributed by atoms with Crippen molar-refractivity contribution in [2.45, 2.75) is 116 Å². The first-order valence-electron chi connectivity index (χ1n) is 22.2. The van der Waals surface area contributed by atoms with E-state index in [9.17, 15) is 14.4 Å². The van der Waals surface area contributed by atoms with E-state index in [1.807, 2.05) is 89.3 Å². The third-order valence-electron chi connectivity index (χ3n) is 11.0. The number of carbonyl (C=O) groups is 3. The zero-order chi connectivity index (χ0) is 47.7. The minimum absolute atomic E-state index is 0.0671. The van der Waals surface area contributed by atoms with Crippen molar-refractivity contribution < 1.29 is 19.1 Å². The summed E-state index contributed by atoms with van der Waals surface area (Å²) in [6.45, 7) is 9.38. The Kier molecular flexibility index (Phi) is 15.5. The van der Waals surface area contributed by atoms with Gasteiger partial charge in [-0.3, -0.25) is 9.59 Å². The summed E-state index contributed by atoms with van der Waals surface area (Å²) in [6.07, 6.45) is 12.1. The molecule has 0 saturated heterocycles. The van der Waals surface area contributed by atoms with E-state index < -0.39 is 23.5 Å². The molecular weight excluding hydrogens is 891 g/mol. The molecule has 352 valence electrons. The molecule has 0 spiro atoms. The fourth-order valence-electron chi connectivity index (χ4n) is 7.66. The maximum Gasteiger partial charge on any atom is 0.407 e. The maximum atomic E-state index is 12.4. The first kappa shape index (κ1) is 48.1. The topological polar surface area (TPSA) is 289 Å². The van der Waals surface area contributed by atoms with Gasteiger partial charge in [-0.15, -0.1) is 21.5 Å². The first-order chi connectivity index (χ1) is 32.1. The standard InChI is InChI=1S/C25H32N8O3S.C21H25N7OS/c1-14-32-33-22(37-14)15-9-11-16(12-10-15)28-21-17(20(26)34)13-27-23(31-21)29-18-7-5-6-8-19(18)30-24(35)36-25(2,3)4;1-12-24-11-18(30-12)13-6-8-14(9-7-13)26-20-15(19(23)29)10-25-21(28-20)27-17-5-3-2-4-16(17)22/h9-13,18-19H,5-8H2,1-4H3,(H2,26,34)(H,30,35)(H2,27,28,29,31);6-11,16-17H,2-5,22H2,1H3,(H2,23,29)(H2,25,26,27,28)/t18-,19+;16-,17+/m10/s1. The zero-order valence-corrected chi connectivity index (χ0v) is 39.8. The Morgan fingerprint density at radius 1 is 0.642 bits per heavy atom. The Balaban J connectivity index is 0.000000203. The van der Waals surface area contributed by atoms with Crippen LogP contribution in [0.5, 0.6) is 0 Å². The number of nitrogens with two attached hydrogens (primary N) is 3. The lowest BCUT2D eigenvalue weighted by atomic mass is 9.90. The lowest BCUT2D eigenvalue weighted by Crippen LogP contribution is -2.50. The van der Waals surface area contributed by atoms with E-state index in [-0.39, 0.29) is 41.1 Å². The third-order valence-corrected chi connectivity index (χ3v) is 12.8. The minimum atomic E-state index is -0.642. The van der Waals surface area contributed by atoms with Crippen molar-refractivity contribution in [3.05, 3.63) is 88.3 Å². The van der Waals surface area contributed by atoms with Gasteiger partial charge in [0, 0.05) is 53.7 Å². The number of carbonyl (C=O) groups excluding carboxylic acids is 3. The molecule has 19 nitrogen and oxygen atoms in total. The fraction of sp³-hybridized carbons (Fsp3) is 0.391. The number of aryl methyl sites for hydroxylation is 2. The molecule has 4 aromatic heterocycles. The van der Waals surface area contributed by atoms with Crippen molar-refractivity contribution >= 4 is 75.5 Å². The van der Waals surface area contributed by atoms with Crippen molar-refractivity contribution in [1.82, 2.24) is 40.4 Å². The van der Waals surface area contributed by atoms with E-state index >= 15 is 0 Å². The van der Waals surface area contributed by atoms with E-state index in [0.717, 1.165) is 93.8 Å². The first-order valence-corrected chi connectivity index (χ1v) is 23.8. The maximum absolute atomic E-state index is 12.4. The Morgan fingerprint density at radius 3 is 1.66 bits per heavy atom. The van der Waals surface area contributed by atoms with Gasteiger partial charge >= 0.3 is 6.09 Å². The molecule has 3 amide bonds. The van der Waals surface area contributed by atoms with Gasteiger partial charge in [0.1, 0.15) is 38.4 Å². The van der Waals surface area contributed by atoms with Crippen LogP contribution in [0.2, 0.25) is 0 Å². The molecule has 0 aliphatic heterocycles. The summed E-state index contributed by atoms with van der Waals surface area (Å²) in [4.78, 5) is 59.3. The summed E-state index contributed by atoms with van der Waals surface area (Å²) in [5.41, 5.74) is 20.7. The fourth-order valence-corrected chi connectivity index (χ4v) is 9.14. The van der Waals surface area contributed by atoms with Crippen LogP contribution >= 0.6 is 22.7 Å². The predicted molar refractivity (Wildman–Crippen MR) is 263 cm³/mol. The number of rotatable bonds is 13. The molecule has 2 fully saturated rings. The predicted octanol–water partition coefficient (Wildman–Crippen LogP) is 7.83. The average Bonchev–Trinajstić information content (AvgIpc) is 3.93. The third kappa shape index (κ3) is 13.4. The molecule has 21 heteroatoms. The monoisotopic (exact) mass is 947 g/mol. The lowest BCUT2D eigenvalue weighted by molar-refractivity contribution is 0.0488. The smallest absolute Gasteiger partial charge is 0.407 e. The van der Waals surface area contributed by atoms with Crippen molar-refractivity contribution in [2.75, 3.05) is 21.3 Å². The Morgan fingerprint density at radius 2 is 1.16 bits per heavy atom. The van der Waals surface area contributed by atoms with Gasteiger partial charge in [0.15, 0.2) is 0 Å². The molecule has 11 N–H and O–H groups in total. The number of thiazole rings is 1. The van der Waals surface area contributed by atoms with Crippen molar-refractivity contribution in [2.24, 2.45) is 17.2 Å². The molecule has 4 atom stereocenters. The number of hydrogen-bond donors (Lipinski definition) is 8. The molecule has 2 aliphatic rings. The lowest BCUT2D eigenvalue weighted by Gasteiger charge is -2.33. The van der Waals surface area contributed by atoms with E-state index in [1.54, 1.807) is 11.3 Å². The van der Waals surface area contributed by atoms with Crippen LogP contribution in [0.3, 0.4) is 0 Å². The number of nitrogens with zero attached hydrogens (tertiary/aromatic N) is 7. The van der Waals surface area contributed by atoms with Crippen LogP contribution in [0.15, 0.2) is 67.1 Å². The summed E-state index contributed by atoms with van der Waals surface area (Å²) in [6, 6.07) is 15.4. The van der Waals surface area contributed by atoms with Gasteiger partial charge < -0.3 is 48.5 Å².